The minimum absolute atomic E-state index is 0.0669. The second-order valence-electron chi connectivity index (χ2n) is 3.41. The smallest absolute Gasteiger partial charge is 0.233 e. The third-order valence-electron chi connectivity index (χ3n) is 2.26. The number of nitrogen functional groups attached to an aromatic ring is 1. The van der Waals surface area contributed by atoms with Crippen LogP contribution in [-0.2, 0) is 9.53 Å². The van der Waals surface area contributed by atoms with Crippen molar-refractivity contribution in [1.29, 1.82) is 0 Å². The minimum atomic E-state index is 0.0669. The van der Waals surface area contributed by atoms with Gasteiger partial charge in [-0.3, -0.25) is 4.79 Å². The molecule has 2 heterocycles. The molecule has 17 heavy (non-hydrogen) atoms. The molecule has 1 fully saturated rings. The van der Waals surface area contributed by atoms with Crippen molar-refractivity contribution in [3.8, 4) is 0 Å². The number of nitrogens with two attached hydrogens (primary N) is 1. The lowest BCUT2D eigenvalue weighted by Gasteiger charge is -2.26. The lowest BCUT2D eigenvalue weighted by atomic mass is 10.4. The molecule has 8 heteroatoms. The first-order valence-corrected chi connectivity index (χ1v) is 6.17. The zero-order valence-electron chi connectivity index (χ0n) is 9.20. The molecule has 0 saturated carbocycles. The van der Waals surface area contributed by atoms with Crippen LogP contribution in [0.1, 0.15) is 0 Å². The van der Waals surface area contributed by atoms with Gasteiger partial charge in [-0.15, -0.1) is 0 Å². The molecule has 0 radical (unpaired) electrons. The molecular formula is C9H13N5O2S. The fourth-order valence-corrected chi connectivity index (χ4v) is 2.11. The van der Waals surface area contributed by atoms with Crippen molar-refractivity contribution < 1.29 is 9.53 Å². The largest absolute Gasteiger partial charge is 0.378 e. The number of morpholine rings is 1. The van der Waals surface area contributed by atoms with Gasteiger partial charge in [-0.1, -0.05) is 11.8 Å². The van der Waals surface area contributed by atoms with Crippen LogP contribution >= 0.6 is 11.8 Å². The molecule has 2 rings (SSSR count). The van der Waals surface area contributed by atoms with Gasteiger partial charge in [0, 0.05) is 13.1 Å². The summed E-state index contributed by atoms with van der Waals surface area (Å²) < 4.78 is 5.18. The molecule has 0 aliphatic carbocycles. The Morgan fingerprint density at radius 3 is 2.94 bits per heavy atom. The summed E-state index contributed by atoms with van der Waals surface area (Å²) in [5, 5.41) is 0.471. The predicted octanol–water partition coefficient (Wildman–Crippen LogP) is -0.595. The molecule has 0 aromatic carbocycles. The Hall–Kier alpha value is -1.41. The fraction of sp³-hybridized carbons (Fsp3) is 0.556. The summed E-state index contributed by atoms with van der Waals surface area (Å²) in [5.74, 6) is 0.544. The number of carbonyl (C=O) groups excluding carboxylic acids is 1. The maximum atomic E-state index is 11.8. The zero-order chi connectivity index (χ0) is 12.1. The molecule has 2 N–H and O–H groups in total. The Balaban J connectivity index is 1.83. The molecule has 1 aromatic rings. The summed E-state index contributed by atoms with van der Waals surface area (Å²) in [6, 6.07) is 0. The van der Waals surface area contributed by atoms with Crippen molar-refractivity contribution in [3.05, 3.63) is 6.33 Å². The highest BCUT2D eigenvalue weighted by atomic mass is 32.2. The van der Waals surface area contributed by atoms with Crippen LogP contribution in [0.2, 0.25) is 0 Å². The van der Waals surface area contributed by atoms with Gasteiger partial charge >= 0.3 is 0 Å². The normalized spacial score (nSPS) is 15.9. The van der Waals surface area contributed by atoms with Crippen LogP contribution in [0.5, 0.6) is 0 Å². The van der Waals surface area contributed by atoms with Crippen molar-refractivity contribution in [3.63, 3.8) is 0 Å². The maximum Gasteiger partial charge on any atom is 0.233 e. The third-order valence-corrected chi connectivity index (χ3v) is 3.10. The molecule has 0 unspecified atom stereocenters. The molecular weight excluding hydrogens is 242 g/mol. The lowest BCUT2D eigenvalue weighted by Crippen LogP contribution is -2.41. The van der Waals surface area contributed by atoms with Crippen LogP contribution < -0.4 is 5.73 Å². The van der Waals surface area contributed by atoms with Crippen molar-refractivity contribution in [2.45, 2.75) is 5.16 Å². The van der Waals surface area contributed by atoms with E-state index in [4.69, 9.17) is 10.5 Å². The van der Waals surface area contributed by atoms with Gasteiger partial charge in [0.05, 0.1) is 19.0 Å². The second kappa shape index (κ2) is 5.78. The van der Waals surface area contributed by atoms with Gasteiger partial charge in [0.2, 0.25) is 11.9 Å². The van der Waals surface area contributed by atoms with Gasteiger partial charge in [-0.25, -0.2) is 9.97 Å². The number of hydrogen-bond donors (Lipinski definition) is 1. The van der Waals surface area contributed by atoms with Gasteiger partial charge < -0.3 is 15.4 Å². The first kappa shape index (κ1) is 12.1. The third kappa shape index (κ3) is 3.53. The van der Waals surface area contributed by atoms with E-state index in [9.17, 15) is 4.79 Å². The average molecular weight is 255 g/mol. The minimum Gasteiger partial charge on any atom is -0.378 e. The number of ether oxygens (including phenoxy) is 1. The molecule has 1 saturated heterocycles. The van der Waals surface area contributed by atoms with Gasteiger partial charge in [-0.2, -0.15) is 4.98 Å². The number of thioether (sulfide) groups is 1. The molecule has 0 spiro atoms. The van der Waals surface area contributed by atoms with Crippen LogP contribution in [0.25, 0.3) is 0 Å². The number of aromatic nitrogens is 3. The Kier molecular flexibility index (Phi) is 4.10. The molecule has 7 nitrogen and oxygen atoms in total. The van der Waals surface area contributed by atoms with Crippen molar-refractivity contribution >= 4 is 23.6 Å². The molecule has 0 bridgehead atoms. The van der Waals surface area contributed by atoms with Crippen molar-refractivity contribution in [2.75, 3.05) is 37.8 Å². The predicted molar refractivity (Wildman–Crippen MR) is 62.4 cm³/mol. The molecule has 0 atom stereocenters. The van der Waals surface area contributed by atoms with Crippen LogP contribution in [-0.4, -0.2) is 57.8 Å². The summed E-state index contributed by atoms with van der Waals surface area (Å²) in [7, 11) is 0. The SMILES string of the molecule is Nc1ncnc(SCC(=O)N2CCOCC2)n1. The van der Waals surface area contributed by atoms with Crippen LogP contribution in [0, 0.1) is 0 Å². The van der Waals surface area contributed by atoms with Gasteiger partial charge in [0.1, 0.15) is 6.33 Å². The van der Waals surface area contributed by atoms with Crippen molar-refractivity contribution in [1.82, 2.24) is 19.9 Å². The topological polar surface area (TPSA) is 94.2 Å². The van der Waals surface area contributed by atoms with E-state index in [1.807, 2.05) is 0 Å². The number of nitrogens with zero attached hydrogens (tertiary/aromatic N) is 4. The van der Waals surface area contributed by atoms with Crippen LogP contribution in [0.4, 0.5) is 5.95 Å². The van der Waals surface area contributed by atoms with Gasteiger partial charge in [0.25, 0.3) is 0 Å². The molecule has 1 aliphatic heterocycles. The Morgan fingerprint density at radius 1 is 1.47 bits per heavy atom. The van der Waals surface area contributed by atoms with Gasteiger partial charge in [0.15, 0.2) is 5.16 Å². The fourth-order valence-electron chi connectivity index (χ4n) is 1.39. The van der Waals surface area contributed by atoms with Crippen LogP contribution in [0.3, 0.4) is 0 Å². The highest BCUT2D eigenvalue weighted by Crippen LogP contribution is 2.13. The van der Waals surface area contributed by atoms with E-state index in [2.05, 4.69) is 15.0 Å². The maximum absolute atomic E-state index is 11.8. The number of amides is 1. The highest BCUT2D eigenvalue weighted by molar-refractivity contribution is 7.99. The molecule has 1 aromatic heterocycles. The monoisotopic (exact) mass is 255 g/mol. The first-order valence-electron chi connectivity index (χ1n) is 5.18. The summed E-state index contributed by atoms with van der Waals surface area (Å²) >= 11 is 1.26. The zero-order valence-corrected chi connectivity index (χ0v) is 10.0. The average Bonchev–Trinajstić information content (AvgIpc) is 2.37. The van der Waals surface area contributed by atoms with Gasteiger partial charge in [-0.05, 0) is 0 Å². The summed E-state index contributed by atoms with van der Waals surface area (Å²) in [5.41, 5.74) is 5.42. The van der Waals surface area contributed by atoms with E-state index < -0.39 is 0 Å². The van der Waals surface area contributed by atoms with E-state index in [-0.39, 0.29) is 11.9 Å². The van der Waals surface area contributed by atoms with E-state index in [1.165, 1.54) is 18.1 Å². The Bertz CT molecular complexity index is 397. The quantitative estimate of drug-likeness (QED) is 0.721. The number of carbonyl (C=O) groups is 1. The van der Waals surface area contributed by atoms with E-state index in [0.29, 0.717) is 37.2 Å². The summed E-state index contributed by atoms with van der Waals surface area (Å²) in [6.07, 6.45) is 1.34. The van der Waals surface area contributed by atoms with E-state index >= 15 is 0 Å². The standard InChI is InChI=1S/C9H13N5O2S/c10-8-11-6-12-9(13-8)17-5-7(15)14-1-3-16-4-2-14/h6H,1-5H2,(H2,10,11,12,13). The Labute approximate surface area is 103 Å². The lowest BCUT2D eigenvalue weighted by molar-refractivity contribution is -0.132. The first-order chi connectivity index (χ1) is 8.25. The highest BCUT2D eigenvalue weighted by Gasteiger charge is 2.17. The van der Waals surface area contributed by atoms with Crippen molar-refractivity contribution in [2.24, 2.45) is 0 Å². The molecule has 92 valence electrons. The number of hydrogen-bond acceptors (Lipinski definition) is 7. The number of anilines is 1. The van der Waals surface area contributed by atoms with E-state index in [0.717, 1.165) is 0 Å². The summed E-state index contributed by atoms with van der Waals surface area (Å²) in [4.78, 5) is 25.1. The molecule has 1 aliphatic rings. The van der Waals surface area contributed by atoms with Crippen LogP contribution in [0.15, 0.2) is 11.5 Å². The Morgan fingerprint density at radius 2 is 2.24 bits per heavy atom. The number of rotatable bonds is 3. The summed E-state index contributed by atoms with van der Waals surface area (Å²) in [6.45, 7) is 2.52. The van der Waals surface area contributed by atoms with E-state index in [1.54, 1.807) is 4.90 Å². The second-order valence-corrected chi connectivity index (χ2v) is 4.35. The molecule has 1 amide bonds.